The van der Waals surface area contributed by atoms with Gasteiger partial charge in [0.25, 0.3) is 0 Å². The first-order chi connectivity index (χ1) is 12.2. The van der Waals surface area contributed by atoms with Crippen LogP contribution in [0.1, 0.15) is 25.3 Å². The third-order valence-electron chi connectivity index (χ3n) is 4.48. The van der Waals surface area contributed by atoms with Crippen LogP contribution in [0.2, 0.25) is 0 Å². The number of phenolic OH excluding ortho intramolecular Hbond substituents is 1. The van der Waals surface area contributed by atoms with E-state index >= 15 is 0 Å². The highest BCUT2D eigenvalue weighted by atomic mass is 16.5. The van der Waals surface area contributed by atoms with Crippen molar-refractivity contribution in [2.75, 3.05) is 7.11 Å². The number of aryl methyl sites for hydroxylation is 1. The van der Waals surface area contributed by atoms with Crippen molar-refractivity contribution in [1.29, 1.82) is 0 Å². The minimum Gasteiger partial charge on any atom is -0.507 e. The van der Waals surface area contributed by atoms with Gasteiger partial charge < -0.3 is 9.84 Å². The molecule has 0 heterocycles. The van der Waals surface area contributed by atoms with Gasteiger partial charge in [0.05, 0.1) is 7.11 Å². The van der Waals surface area contributed by atoms with E-state index < -0.39 is 0 Å². The quantitative estimate of drug-likeness (QED) is 0.593. The van der Waals surface area contributed by atoms with Crippen LogP contribution in [0.5, 0.6) is 11.5 Å². The molecule has 0 aliphatic carbocycles. The maximum Gasteiger partial charge on any atom is 0.126 e. The predicted octanol–water partition coefficient (Wildman–Crippen LogP) is 6.08. The van der Waals surface area contributed by atoms with Gasteiger partial charge in [0.2, 0.25) is 0 Å². The standard InChI is InChI=1S/C23H24O2/c1-3-4-10-18-15-19(17-11-6-5-7-12-17)16-21(24)23(18)20-13-8-9-14-22(20)25-2/h5-9,11-16,24H,3-4,10H2,1-2H3. The number of rotatable bonds is 6. The average molecular weight is 332 g/mol. The summed E-state index contributed by atoms with van der Waals surface area (Å²) < 4.78 is 5.52. The molecule has 0 atom stereocenters. The van der Waals surface area contributed by atoms with Crippen LogP contribution in [-0.2, 0) is 6.42 Å². The Balaban J connectivity index is 2.17. The molecule has 0 unspecified atom stereocenters. The second-order valence-electron chi connectivity index (χ2n) is 6.20. The molecule has 1 N–H and O–H groups in total. The Hall–Kier alpha value is -2.74. The Bertz CT molecular complexity index is 838. The molecule has 3 aromatic carbocycles. The molecular formula is C23H24O2. The number of hydrogen-bond acceptors (Lipinski definition) is 2. The molecule has 0 bridgehead atoms. The van der Waals surface area contributed by atoms with Crippen molar-refractivity contribution in [2.45, 2.75) is 26.2 Å². The van der Waals surface area contributed by atoms with Gasteiger partial charge in [0.1, 0.15) is 11.5 Å². The molecule has 25 heavy (non-hydrogen) atoms. The minimum atomic E-state index is 0.303. The molecular weight excluding hydrogens is 308 g/mol. The molecule has 0 amide bonds. The van der Waals surface area contributed by atoms with Gasteiger partial charge in [-0.15, -0.1) is 0 Å². The molecule has 0 saturated heterocycles. The van der Waals surface area contributed by atoms with E-state index in [0.29, 0.717) is 5.75 Å². The van der Waals surface area contributed by atoms with Crippen molar-refractivity contribution < 1.29 is 9.84 Å². The monoisotopic (exact) mass is 332 g/mol. The molecule has 0 aromatic heterocycles. The number of hydrogen-bond donors (Lipinski definition) is 1. The molecule has 2 nitrogen and oxygen atoms in total. The predicted molar refractivity (Wildman–Crippen MR) is 104 cm³/mol. The van der Waals surface area contributed by atoms with Crippen LogP contribution in [0.4, 0.5) is 0 Å². The van der Waals surface area contributed by atoms with Crippen LogP contribution < -0.4 is 4.74 Å². The summed E-state index contributed by atoms with van der Waals surface area (Å²) in [7, 11) is 1.67. The van der Waals surface area contributed by atoms with Gasteiger partial charge in [0.15, 0.2) is 0 Å². The minimum absolute atomic E-state index is 0.303. The second kappa shape index (κ2) is 7.89. The average Bonchev–Trinajstić information content (AvgIpc) is 2.66. The lowest BCUT2D eigenvalue weighted by Gasteiger charge is -2.17. The summed E-state index contributed by atoms with van der Waals surface area (Å²) in [5.41, 5.74) is 5.13. The van der Waals surface area contributed by atoms with Crippen molar-refractivity contribution in [3.63, 3.8) is 0 Å². The van der Waals surface area contributed by atoms with E-state index in [4.69, 9.17) is 4.74 Å². The summed E-state index contributed by atoms with van der Waals surface area (Å²) in [6.45, 7) is 2.18. The van der Waals surface area contributed by atoms with E-state index in [-0.39, 0.29) is 0 Å². The number of benzene rings is 3. The summed E-state index contributed by atoms with van der Waals surface area (Å²) in [6, 6.07) is 22.1. The smallest absolute Gasteiger partial charge is 0.126 e. The highest BCUT2D eigenvalue weighted by molar-refractivity contribution is 5.82. The van der Waals surface area contributed by atoms with E-state index in [1.165, 1.54) is 0 Å². The van der Waals surface area contributed by atoms with E-state index in [0.717, 1.165) is 52.8 Å². The topological polar surface area (TPSA) is 29.5 Å². The molecule has 0 spiro atoms. The summed E-state index contributed by atoms with van der Waals surface area (Å²) >= 11 is 0. The van der Waals surface area contributed by atoms with E-state index in [1.54, 1.807) is 7.11 Å². The van der Waals surface area contributed by atoms with Gasteiger partial charge in [-0.25, -0.2) is 0 Å². The van der Waals surface area contributed by atoms with Crippen LogP contribution in [-0.4, -0.2) is 12.2 Å². The maximum atomic E-state index is 10.9. The third-order valence-corrected chi connectivity index (χ3v) is 4.48. The van der Waals surface area contributed by atoms with Gasteiger partial charge in [-0.05, 0) is 41.7 Å². The van der Waals surface area contributed by atoms with Crippen molar-refractivity contribution >= 4 is 0 Å². The first kappa shape index (κ1) is 17.1. The highest BCUT2D eigenvalue weighted by Gasteiger charge is 2.16. The van der Waals surface area contributed by atoms with Crippen molar-refractivity contribution in [2.24, 2.45) is 0 Å². The molecule has 0 radical (unpaired) electrons. The number of methoxy groups -OCH3 is 1. The Kier molecular flexibility index (Phi) is 5.39. The number of ether oxygens (including phenoxy) is 1. The van der Waals surface area contributed by atoms with E-state index in [2.05, 4.69) is 25.1 Å². The van der Waals surface area contributed by atoms with Crippen LogP contribution in [0, 0.1) is 0 Å². The molecule has 3 rings (SSSR count). The molecule has 0 fully saturated rings. The second-order valence-corrected chi connectivity index (χ2v) is 6.20. The third kappa shape index (κ3) is 3.69. The van der Waals surface area contributed by atoms with Gasteiger partial charge >= 0.3 is 0 Å². The highest BCUT2D eigenvalue weighted by Crippen LogP contribution is 2.41. The summed E-state index contributed by atoms with van der Waals surface area (Å²) in [5.74, 6) is 1.08. The first-order valence-electron chi connectivity index (χ1n) is 8.79. The van der Waals surface area contributed by atoms with Crippen LogP contribution in [0.3, 0.4) is 0 Å². The van der Waals surface area contributed by atoms with Gasteiger partial charge in [-0.1, -0.05) is 67.9 Å². The fourth-order valence-electron chi connectivity index (χ4n) is 3.21. The Morgan fingerprint density at radius 1 is 0.880 bits per heavy atom. The van der Waals surface area contributed by atoms with Crippen molar-refractivity contribution in [3.8, 4) is 33.8 Å². The van der Waals surface area contributed by atoms with E-state index in [1.807, 2.05) is 48.5 Å². The molecule has 0 aliphatic heterocycles. The fourth-order valence-corrected chi connectivity index (χ4v) is 3.21. The SMILES string of the molecule is CCCCc1cc(-c2ccccc2)cc(O)c1-c1ccccc1OC. The molecule has 3 aromatic rings. The largest absolute Gasteiger partial charge is 0.507 e. The summed E-state index contributed by atoms with van der Waals surface area (Å²) in [4.78, 5) is 0. The summed E-state index contributed by atoms with van der Waals surface area (Å²) in [6.07, 6.45) is 3.12. The first-order valence-corrected chi connectivity index (χ1v) is 8.79. The van der Waals surface area contributed by atoms with Crippen LogP contribution >= 0.6 is 0 Å². The van der Waals surface area contributed by atoms with Gasteiger partial charge in [-0.2, -0.15) is 0 Å². The molecule has 128 valence electrons. The molecule has 0 aliphatic rings. The number of unbranched alkanes of at least 4 members (excludes halogenated alkanes) is 1. The van der Waals surface area contributed by atoms with Gasteiger partial charge in [0, 0.05) is 11.1 Å². The Morgan fingerprint density at radius 3 is 2.32 bits per heavy atom. The normalized spacial score (nSPS) is 10.6. The lowest BCUT2D eigenvalue weighted by atomic mass is 9.91. The number of para-hydroxylation sites is 1. The Labute approximate surface area is 149 Å². The van der Waals surface area contributed by atoms with Crippen LogP contribution in [0.25, 0.3) is 22.3 Å². The fraction of sp³-hybridized carbons (Fsp3) is 0.217. The Morgan fingerprint density at radius 2 is 1.60 bits per heavy atom. The number of phenols is 1. The lowest BCUT2D eigenvalue weighted by Crippen LogP contribution is -1.95. The van der Waals surface area contributed by atoms with Crippen molar-refractivity contribution in [3.05, 3.63) is 72.3 Å². The van der Waals surface area contributed by atoms with Crippen molar-refractivity contribution in [1.82, 2.24) is 0 Å². The lowest BCUT2D eigenvalue weighted by molar-refractivity contribution is 0.415. The molecule has 2 heteroatoms. The zero-order valence-electron chi connectivity index (χ0n) is 14.8. The zero-order valence-corrected chi connectivity index (χ0v) is 14.8. The molecule has 0 saturated carbocycles. The van der Waals surface area contributed by atoms with E-state index in [9.17, 15) is 5.11 Å². The number of aromatic hydroxyl groups is 1. The van der Waals surface area contributed by atoms with Crippen LogP contribution in [0.15, 0.2) is 66.7 Å². The van der Waals surface area contributed by atoms with Gasteiger partial charge in [-0.3, -0.25) is 0 Å². The summed E-state index contributed by atoms with van der Waals surface area (Å²) in [5, 5.41) is 10.9. The maximum absolute atomic E-state index is 10.9. The zero-order chi connectivity index (χ0) is 17.6.